The van der Waals surface area contributed by atoms with Gasteiger partial charge in [0.05, 0.1) is 11.2 Å². The molecule has 0 atom stereocenters. The third kappa shape index (κ3) is 3.27. The summed E-state index contributed by atoms with van der Waals surface area (Å²) in [6.45, 7) is 0.509. The summed E-state index contributed by atoms with van der Waals surface area (Å²) in [5, 5.41) is 0. The molecule has 0 amide bonds. The lowest BCUT2D eigenvalue weighted by atomic mass is 9.63. The minimum Gasteiger partial charge on any atom is -0.457 e. The third-order valence-electron chi connectivity index (χ3n) is 6.52. The van der Waals surface area contributed by atoms with Gasteiger partial charge in [0.1, 0.15) is 17.3 Å². The molecule has 4 aliphatic rings. The molecule has 3 fully saturated rings. The molecule has 158 valence electrons. The number of alkyl halides is 2. The van der Waals surface area contributed by atoms with E-state index in [1.807, 2.05) is 24.3 Å². The number of rotatable bonds is 4. The van der Waals surface area contributed by atoms with Crippen molar-refractivity contribution in [3.63, 3.8) is 0 Å². The van der Waals surface area contributed by atoms with Gasteiger partial charge >= 0.3 is 0 Å². The molecule has 0 unspecified atom stereocenters. The van der Waals surface area contributed by atoms with Crippen molar-refractivity contribution in [2.75, 3.05) is 12.3 Å². The number of halogens is 2. The van der Waals surface area contributed by atoms with Crippen molar-refractivity contribution in [1.29, 1.82) is 0 Å². The topological polar surface area (TPSA) is 59.0 Å². The van der Waals surface area contributed by atoms with Crippen LogP contribution in [0.3, 0.4) is 0 Å². The summed E-state index contributed by atoms with van der Waals surface area (Å²) in [7, 11) is -3.42. The fourth-order valence-electron chi connectivity index (χ4n) is 5.01. The molecule has 0 spiro atoms. The molecule has 0 radical (unpaired) electrons. The number of piperidine rings is 2. The van der Waals surface area contributed by atoms with Crippen LogP contribution in [-0.4, -0.2) is 37.5 Å². The summed E-state index contributed by atoms with van der Waals surface area (Å²) in [6, 6.07) is 13.8. The molecule has 2 aromatic carbocycles. The van der Waals surface area contributed by atoms with E-state index in [2.05, 4.69) is 9.30 Å². The predicted molar refractivity (Wildman–Crippen MR) is 110 cm³/mol. The molecule has 30 heavy (non-hydrogen) atoms. The second-order valence-electron chi connectivity index (χ2n) is 8.21. The van der Waals surface area contributed by atoms with E-state index in [-0.39, 0.29) is 11.3 Å². The molecule has 8 heteroatoms. The van der Waals surface area contributed by atoms with Gasteiger partial charge in [-0.15, -0.1) is 4.40 Å². The number of fused-ring (bicyclic) bond motifs is 2. The van der Waals surface area contributed by atoms with Crippen LogP contribution in [0, 0.1) is 0 Å². The predicted octanol–water partition coefficient (Wildman–Crippen LogP) is 4.65. The molecule has 0 N–H and O–H groups in total. The second-order valence-corrected chi connectivity index (χ2v) is 9.96. The molecular formula is C22H22F2N2O3S. The van der Waals surface area contributed by atoms with E-state index in [9.17, 15) is 17.2 Å². The summed E-state index contributed by atoms with van der Waals surface area (Å²) in [5.41, 5.74) is 0.546. The monoisotopic (exact) mass is 432 g/mol. The van der Waals surface area contributed by atoms with E-state index in [0.717, 1.165) is 31.2 Å². The molecule has 3 heterocycles. The summed E-state index contributed by atoms with van der Waals surface area (Å²) >= 11 is 0. The Morgan fingerprint density at radius 2 is 1.80 bits per heavy atom. The van der Waals surface area contributed by atoms with E-state index < -0.39 is 21.9 Å². The minimum absolute atomic E-state index is 0.0769. The first-order valence-electron chi connectivity index (χ1n) is 10.1. The highest BCUT2D eigenvalue weighted by atomic mass is 32.2. The lowest BCUT2D eigenvalue weighted by Crippen LogP contribution is -2.62. The van der Waals surface area contributed by atoms with Gasteiger partial charge < -0.3 is 9.64 Å². The van der Waals surface area contributed by atoms with Crippen LogP contribution in [0.15, 0.2) is 52.9 Å². The summed E-state index contributed by atoms with van der Waals surface area (Å²) in [5.74, 6) is 1.66. The van der Waals surface area contributed by atoms with Crippen molar-refractivity contribution < 1.29 is 21.9 Å². The molecule has 1 saturated carbocycles. The zero-order valence-corrected chi connectivity index (χ0v) is 17.1. The lowest BCUT2D eigenvalue weighted by Gasteiger charge is -2.55. The lowest BCUT2D eigenvalue weighted by molar-refractivity contribution is 0.151. The number of ether oxygens (including phenoxy) is 1. The Hall–Kier alpha value is -2.48. The van der Waals surface area contributed by atoms with Crippen molar-refractivity contribution in [1.82, 2.24) is 4.90 Å². The summed E-state index contributed by atoms with van der Waals surface area (Å²) in [4.78, 5) is 2.19. The first-order chi connectivity index (χ1) is 14.4. The zero-order valence-electron chi connectivity index (χ0n) is 16.3. The van der Waals surface area contributed by atoms with Crippen LogP contribution in [0.1, 0.15) is 43.2 Å². The van der Waals surface area contributed by atoms with Crippen molar-refractivity contribution >= 4 is 15.9 Å². The maximum absolute atomic E-state index is 12.9. The van der Waals surface area contributed by atoms with Crippen LogP contribution in [0.4, 0.5) is 8.78 Å². The third-order valence-corrected chi connectivity index (χ3v) is 7.67. The number of sulfonamides is 1. The molecule has 2 bridgehead atoms. The molecule has 1 aliphatic carbocycles. The number of benzene rings is 2. The Balaban J connectivity index is 1.45. The van der Waals surface area contributed by atoms with Crippen LogP contribution >= 0.6 is 0 Å². The number of amidine groups is 1. The van der Waals surface area contributed by atoms with Crippen molar-refractivity contribution in [3.05, 3.63) is 59.7 Å². The first kappa shape index (κ1) is 19.5. The van der Waals surface area contributed by atoms with Gasteiger partial charge in [0.2, 0.25) is 0 Å². The Morgan fingerprint density at radius 3 is 2.50 bits per heavy atom. The molecular weight excluding hydrogens is 410 g/mol. The van der Waals surface area contributed by atoms with E-state index in [1.54, 1.807) is 12.1 Å². The minimum atomic E-state index is -3.42. The number of nitrogens with zero attached hydrogens (tertiary/aromatic N) is 2. The summed E-state index contributed by atoms with van der Waals surface area (Å²) in [6.07, 6.45) is 1.25. The van der Waals surface area contributed by atoms with Crippen LogP contribution in [0.2, 0.25) is 0 Å². The average Bonchev–Trinajstić information content (AvgIpc) is 2.74. The molecule has 0 aromatic heterocycles. The highest BCUT2D eigenvalue weighted by molar-refractivity contribution is 7.90. The van der Waals surface area contributed by atoms with E-state index >= 15 is 0 Å². The van der Waals surface area contributed by atoms with Crippen molar-refractivity contribution in [3.8, 4) is 11.5 Å². The maximum Gasteiger partial charge on any atom is 0.263 e. The Morgan fingerprint density at radius 1 is 1.07 bits per heavy atom. The Labute approximate surface area is 174 Å². The van der Waals surface area contributed by atoms with Crippen LogP contribution in [-0.2, 0) is 15.4 Å². The van der Waals surface area contributed by atoms with Crippen LogP contribution in [0.5, 0.6) is 11.5 Å². The molecule has 3 aliphatic heterocycles. The SMILES string of the molecule is O=S1(=O)CCN2C(=N1)C1(c3ccc(Oc4cccc(C(F)F)c4)cc3)CCC2CC1. The van der Waals surface area contributed by atoms with Crippen molar-refractivity contribution in [2.24, 2.45) is 4.40 Å². The van der Waals surface area contributed by atoms with Crippen molar-refractivity contribution in [2.45, 2.75) is 43.6 Å². The Kier molecular flexibility index (Phi) is 4.57. The molecule has 2 aromatic rings. The average molecular weight is 432 g/mol. The standard InChI is InChI=1S/C22H22F2N2O3S/c23-20(24)15-2-1-3-19(14-15)29-18-6-4-16(5-7-18)22-10-8-17(9-11-22)26-12-13-30(27,28)25-21(22)26/h1-7,14,17,20H,8-13H2. The first-order valence-corrected chi connectivity index (χ1v) is 11.7. The van der Waals surface area contributed by atoms with E-state index in [4.69, 9.17) is 4.74 Å². The molecule has 2 saturated heterocycles. The maximum atomic E-state index is 12.9. The number of hydrogen-bond acceptors (Lipinski definition) is 4. The molecule has 5 nitrogen and oxygen atoms in total. The highest BCUT2D eigenvalue weighted by Crippen LogP contribution is 2.49. The number of hydrogen-bond donors (Lipinski definition) is 0. The second kappa shape index (κ2) is 7.04. The molecule has 6 rings (SSSR count). The largest absolute Gasteiger partial charge is 0.457 e. The van der Waals surface area contributed by atoms with Gasteiger partial charge in [-0.3, -0.25) is 0 Å². The fraction of sp³-hybridized carbons (Fsp3) is 0.409. The van der Waals surface area contributed by atoms with Gasteiger partial charge in [-0.05, 0) is 55.5 Å². The Bertz CT molecular complexity index is 1090. The normalized spacial score (nSPS) is 27.0. The van der Waals surface area contributed by atoms with E-state index in [0.29, 0.717) is 29.9 Å². The quantitative estimate of drug-likeness (QED) is 0.706. The van der Waals surface area contributed by atoms with Crippen LogP contribution in [0.25, 0.3) is 0 Å². The highest BCUT2D eigenvalue weighted by Gasteiger charge is 2.52. The van der Waals surface area contributed by atoms with Gasteiger partial charge in [-0.1, -0.05) is 24.3 Å². The van der Waals surface area contributed by atoms with Gasteiger partial charge in [0.25, 0.3) is 16.4 Å². The smallest absolute Gasteiger partial charge is 0.263 e. The summed E-state index contributed by atoms with van der Waals surface area (Å²) < 4.78 is 60.2. The van der Waals surface area contributed by atoms with Gasteiger partial charge in [0.15, 0.2) is 0 Å². The van der Waals surface area contributed by atoms with Gasteiger partial charge in [-0.2, -0.15) is 0 Å². The van der Waals surface area contributed by atoms with Crippen LogP contribution < -0.4 is 4.74 Å². The van der Waals surface area contributed by atoms with E-state index in [1.165, 1.54) is 12.1 Å². The van der Waals surface area contributed by atoms with Gasteiger partial charge in [-0.25, -0.2) is 17.2 Å². The fourth-order valence-corrected chi connectivity index (χ4v) is 6.07. The zero-order chi connectivity index (χ0) is 20.9. The van der Waals surface area contributed by atoms with Gasteiger partial charge in [0, 0.05) is 18.2 Å².